The highest BCUT2D eigenvalue weighted by molar-refractivity contribution is 5.42. The van der Waals surface area contributed by atoms with Crippen LogP contribution in [0.3, 0.4) is 0 Å². The third-order valence-electron chi connectivity index (χ3n) is 3.58. The first-order chi connectivity index (χ1) is 9.39. The molecule has 2 rings (SSSR count). The van der Waals surface area contributed by atoms with Crippen LogP contribution in [0.15, 0.2) is 28.8 Å². The number of anilines is 1. The van der Waals surface area contributed by atoms with Crippen molar-refractivity contribution in [2.75, 3.05) is 5.73 Å². The van der Waals surface area contributed by atoms with Crippen LogP contribution in [0.5, 0.6) is 0 Å². The zero-order chi connectivity index (χ0) is 14.8. The summed E-state index contributed by atoms with van der Waals surface area (Å²) in [5.74, 6) is 2.08. The van der Waals surface area contributed by atoms with Crippen molar-refractivity contribution in [2.24, 2.45) is 5.92 Å². The van der Waals surface area contributed by atoms with Crippen LogP contribution in [0.2, 0.25) is 0 Å². The molecule has 1 aromatic heterocycles. The van der Waals surface area contributed by atoms with E-state index in [1.165, 1.54) is 0 Å². The third kappa shape index (κ3) is 3.18. The van der Waals surface area contributed by atoms with Crippen LogP contribution in [0.4, 0.5) is 5.69 Å². The van der Waals surface area contributed by atoms with Crippen molar-refractivity contribution in [3.63, 3.8) is 0 Å². The number of aryl methyl sites for hydroxylation is 1. The molecule has 0 aliphatic carbocycles. The normalized spacial score (nSPS) is 12.1. The number of hydrogen-bond donors (Lipinski definition) is 1. The van der Waals surface area contributed by atoms with Crippen LogP contribution >= 0.6 is 0 Å². The van der Waals surface area contributed by atoms with Gasteiger partial charge in [0.15, 0.2) is 5.82 Å². The monoisotopic (exact) mass is 273 g/mol. The Morgan fingerprint density at radius 1 is 1.20 bits per heavy atom. The van der Waals surface area contributed by atoms with Crippen molar-refractivity contribution in [3.05, 3.63) is 41.5 Å². The topological polar surface area (TPSA) is 64.9 Å². The summed E-state index contributed by atoms with van der Waals surface area (Å²) in [6.07, 6.45) is 1.93. The molecule has 20 heavy (non-hydrogen) atoms. The quantitative estimate of drug-likeness (QED) is 0.846. The maximum absolute atomic E-state index is 5.73. The molecule has 0 radical (unpaired) electrons. The number of nitrogens with zero attached hydrogens (tertiary/aromatic N) is 2. The van der Waals surface area contributed by atoms with Gasteiger partial charge in [0.05, 0.1) is 5.41 Å². The molecule has 0 aliphatic heterocycles. The van der Waals surface area contributed by atoms with E-state index in [4.69, 9.17) is 10.3 Å². The molecule has 0 saturated heterocycles. The fourth-order valence-electron chi connectivity index (χ4n) is 2.05. The summed E-state index contributed by atoms with van der Waals surface area (Å²) in [5.41, 5.74) is 7.29. The predicted molar refractivity (Wildman–Crippen MR) is 80.4 cm³/mol. The Bertz CT molecular complexity index is 555. The number of rotatable bonds is 5. The van der Waals surface area contributed by atoms with E-state index in [1.807, 2.05) is 24.3 Å². The molecule has 0 spiro atoms. The van der Waals surface area contributed by atoms with Crippen LogP contribution in [0.25, 0.3) is 0 Å². The number of benzene rings is 1. The van der Waals surface area contributed by atoms with Gasteiger partial charge in [0.2, 0.25) is 5.89 Å². The Morgan fingerprint density at radius 3 is 2.45 bits per heavy atom. The van der Waals surface area contributed by atoms with Gasteiger partial charge in [0.1, 0.15) is 0 Å². The van der Waals surface area contributed by atoms with E-state index < -0.39 is 0 Å². The molecule has 4 nitrogen and oxygen atoms in total. The van der Waals surface area contributed by atoms with Crippen molar-refractivity contribution in [2.45, 2.75) is 46.0 Å². The maximum Gasteiger partial charge on any atom is 0.236 e. The molecule has 2 aromatic rings. The average molecular weight is 273 g/mol. The average Bonchev–Trinajstić information content (AvgIpc) is 2.86. The van der Waals surface area contributed by atoms with Gasteiger partial charge in [-0.05, 0) is 43.9 Å². The first-order valence-electron chi connectivity index (χ1n) is 7.08. The highest BCUT2D eigenvalue weighted by atomic mass is 16.5. The van der Waals surface area contributed by atoms with Crippen molar-refractivity contribution >= 4 is 5.69 Å². The van der Waals surface area contributed by atoms with Crippen LogP contribution in [-0.4, -0.2) is 10.1 Å². The van der Waals surface area contributed by atoms with E-state index in [2.05, 4.69) is 37.8 Å². The summed E-state index contributed by atoms with van der Waals surface area (Å²) in [7, 11) is 0. The molecule has 1 heterocycles. The molecule has 0 bridgehead atoms. The zero-order valence-electron chi connectivity index (χ0n) is 12.7. The number of nitrogens with two attached hydrogens (primary N) is 1. The third-order valence-corrected chi connectivity index (χ3v) is 3.58. The Labute approximate surface area is 120 Å². The van der Waals surface area contributed by atoms with Gasteiger partial charge in [0.25, 0.3) is 0 Å². The van der Waals surface area contributed by atoms with Gasteiger partial charge in [-0.2, -0.15) is 4.98 Å². The molecular weight excluding hydrogens is 250 g/mol. The lowest BCUT2D eigenvalue weighted by Crippen LogP contribution is -2.19. The minimum absolute atomic E-state index is 0.309. The molecule has 0 aliphatic rings. The smallest absolute Gasteiger partial charge is 0.236 e. The van der Waals surface area contributed by atoms with Gasteiger partial charge < -0.3 is 10.3 Å². The fraction of sp³-hybridized carbons (Fsp3) is 0.500. The number of hydrogen-bond acceptors (Lipinski definition) is 4. The Kier molecular flexibility index (Phi) is 4.12. The second-order valence-corrected chi connectivity index (χ2v) is 6.20. The Balaban J connectivity index is 2.19. The van der Waals surface area contributed by atoms with E-state index in [9.17, 15) is 0 Å². The van der Waals surface area contributed by atoms with Crippen LogP contribution in [0.1, 0.15) is 51.4 Å². The van der Waals surface area contributed by atoms with Crippen molar-refractivity contribution in [1.82, 2.24) is 10.1 Å². The van der Waals surface area contributed by atoms with Gasteiger partial charge in [-0.1, -0.05) is 31.1 Å². The summed E-state index contributed by atoms with van der Waals surface area (Å²) >= 11 is 0. The lowest BCUT2D eigenvalue weighted by Gasteiger charge is -2.20. The van der Waals surface area contributed by atoms with E-state index in [1.54, 1.807) is 0 Å². The Hall–Kier alpha value is -1.84. The summed E-state index contributed by atoms with van der Waals surface area (Å²) in [6.45, 7) is 8.55. The van der Waals surface area contributed by atoms with Crippen molar-refractivity contribution < 1.29 is 4.52 Å². The molecule has 0 fully saturated rings. The van der Waals surface area contributed by atoms with E-state index in [-0.39, 0.29) is 5.41 Å². The SMILES string of the molecule is CC(C)CCc1noc(C(C)(C)c2ccc(N)cc2)n1. The number of aromatic nitrogens is 2. The van der Waals surface area contributed by atoms with Crippen LogP contribution < -0.4 is 5.73 Å². The predicted octanol–water partition coefficient (Wildman–Crippen LogP) is 3.57. The largest absolute Gasteiger partial charge is 0.399 e. The van der Waals surface area contributed by atoms with E-state index in [0.29, 0.717) is 11.8 Å². The molecule has 1 aromatic carbocycles. The van der Waals surface area contributed by atoms with Gasteiger partial charge >= 0.3 is 0 Å². The lowest BCUT2D eigenvalue weighted by atomic mass is 9.84. The summed E-state index contributed by atoms with van der Waals surface area (Å²) in [4.78, 5) is 4.54. The Morgan fingerprint density at radius 2 is 1.85 bits per heavy atom. The van der Waals surface area contributed by atoms with E-state index >= 15 is 0 Å². The maximum atomic E-state index is 5.73. The molecule has 0 unspecified atom stereocenters. The van der Waals surface area contributed by atoms with Gasteiger partial charge in [-0.3, -0.25) is 0 Å². The standard InChI is InChI=1S/C16H23N3O/c1-11(2)5-10-14-18-15(20-19-14)16(3,4)12-6-8-13(17)9-7-12/h6-9,11H,5,10,17H2,1-4H3. The summed E-state index contributed by atoms with van der Waals surface area (Å²) in [5, 5.41) is 4.09. The van der Waals surface area contributed by atoms with Gasteiger partial charge in [-0.25, -0.2) is 0 Å². The van der Waals surface area contributed by atoms with Crippen molar-refractivity contribution in [1.29, 1.82) is 0 Å². The molecule has 0 saturated carbocycles. The summed E-state index contributed by atoms with van der Waals surface area (Å²) in [6, 6.07) is 7.81. The zero-order valence-corrected chi connectivity index (χ0v) is 12.7. The molecule has 108 valence electrons. The second kappa shape index (κ2) is 5.65. The molecule has 2 N–H and O–H groups in total. The van der Waals surface area contributed by atoms with Crippen LogP contribution in [-0.2, 0) is 11.8 Å². The molecule has 4 heteroatoms. The van der Waals surface area contributed by atoms with Crippen molar-refractivity contribution in [3.8, 4) is 0 Å². The van der Waals surface area contributed by atoms with Gasteiger partial charge in [-0.15, -0.1) is 0 Å². The van der Waals surface area contributed by atoms with E-state index in [0.717, 1.165) is 29.9 Å². The summed E-state index contributed by atoms with van der Waals surface area (Å²) < 4.78 is 5.45. The molecule has 0 amide bonds. The lowest BCUT2D eigenvalue weighted by molar-refractivity contribution is 0.329. The molecule has 0 atom stereocenters. The second-order valence-electron chi connectivity index (χ2n) is 6.20. The first kappa shape index (κ1) is 14.6. The first-order valence-corrected chi connectivity index (χ1v) is 7.08. The van der Waals surface area contributed by atoms with Gasteiger partial charge in [0, 0.05) is 12.1 Å². The number of nitrogen functional groups attached to an aromatic ring is 1. The van der Waals surface area contributed by atoms with Crippen LogP contribution in [0, 0.1) is 5.92 Å². The highest BCUT2D eigenvalue weighted by Crippen LogP contribution is 2.30. The minimum atomic E-state index is -0.309. The minimum Gasteiger partial charge on any atom is -0.399 e. The molecular formula is C16H23N3O. The fourth-order valence-corrected chi connectivity index (χ4v) is 2.05. The highest BCUT2D eigenvalue weighted by Gasteiger charge is 2.29.